The molecular formula is C15H21NO4. The fourth-order valence-electron chi connectivity index (χ4n) is 1.71. The van der Waals surface area contributed by atoms with E-state index in [0.717, 1.165) is 24.0 Å². The minimum Gasteiger partial charge on any atom is -0.480 e. The number of rotatable bonds is 9. The van der Waals surface area contributed by atoms with Crippen LogP contribution < -0.4 is 5.32 Å². The second-order valence-corrected chi connectivity index (χ2v) is 4.57. The first-order valence-electron chi connectivity index (χ1n) is 6.77. The highest BCUT2D eigenvalue weighted by Gasteiger charge is 2.05. The molecule has 1 aromatic carbocycles. The standard InChI is InChI=1S/C15H21NO4/c1-2-3-7-20-15(19)9-12-5-4-6-13(8-12)10-16-11-14(17)18/h4-6,8,16H,2-3,7,9-11H2,1H3,(H,17,18). The van der Waals surface area contributed by atoms with Gasteiger partial charge in [0, 0.05) is 6.54 Å². The lowest BCUT2D eigenvalue weighted by molar-refractivity contribution is -0.143. The van der Waals surface area contributed by atoms with E-state index < -0.39 is 5.97 Å². The minimum absolute atomic E-state index is 0.0801. The Hall–Kier alpha value is -1.88. The molecule has 0 amide bonds. The van der Waals surface area contributed by atoms with Gasteiger partial charge < -0.3 is 15.2 Å². The Morgan fingerprint density at radius 2 is 2.05 bits per heavy atom. The fraction of sp³-hybridized carbons (Fsp3) is 0.467. The van der Waals surface area contributed by atoms with Crippen molar-refractivity contribution in [2.45, 2.75) is 32.7 Å². The van der Waals surface area contributed by atoms with Gasteiger partial charge in [0.1, 0.15) is 0 Å². The first-order valence-corrected chi connectivity index (χ1v) is 6.77. The van der Waals surface area contributed by atoms with Crippen LogP contribution in [0.25, 0.3) is 0 Å². The highest BCUT2D eigenvalue weighted by molar-refractivity contribution is 5.72. The fourth-order valence-corrected chi connectivity index (χ4v) is 1.71. The number of hydrogen-bond donors (Lipinski definition) is 2. The summed E-state index contributed by atoms with van der Waals surface area (Å²) in [7, 11) is 0. The van der Waals surface area contributed by atoms with Crippen LogP contribution in [0.15, 0.2) is 24.3 Å². The van der Waals surface area contributed by atoms with Gasteiger partial charge in [-0.05, 0) is 17.5 Å². The normalized spacial score (nSPS) is 10.2. The number of esters is 1. The average Bonchev–Trinajstić information content (AvgIpc) is 2.39. The summed E-state index contributed by atoms with van der Waals surface area (Å²) in [6.45, 7) is 2.89. The SMILES string of the molecule is CCCCOC(=O)Cc1cccc(CNCC(=O)O)c1. The summed E-state index contributed by atoms with van der Waals surface area (Å²) in [6, 6.07) is 7.49. The van der Waals surface area contributed by atoms with E-state index in [1.165, 1.54) is 0 Å². The molecule has 110 valence electrons. The van der Waals surface area contributed by atoms with Gasteiger partial charge in [-0.3, -0.25) is 9.59 Å². The van der Waals surface area contributed by atoms with Crippen LogP contribution in [0, 0.1) is 0 Å². The van der Waals surface area contributed by atoms with Crippen molar-refractivity contribution in [3.05, 3.63) is 35.4 Å². The van der Waals surface area contributed by atoms with Crippen LogP contribution in [0.4, 0.5) is 0 Å². The smallest absolute Gasteiger partial charge is 0.317 e. The number of nitrogens with one attached hydrogen (secondary N) is 1. The minimum atomic E-state index is -0.888. The van der Waals surface area contributed by atoms with Gasteiger partial charge in [-0.25, -0.2) is 0 Å². The first kappa shape index (κ1) is 16.2. The zero-order valence-electron chi connectivity index (χ0n) is 11.7. The molecule has 2 N–H and O–H groups in total. The van der Waals surface area contributed by atoms with Crippen molar-refractivity contribution in [1.29, 1.82) is 0 Å². The molecule has 0 unspecified atom stereocenters. The molecule has 0 aromatic heterocycles. The van der Waals surface area contributed by atoms with Gasteiger partial charge in [0.05, 0.1) is 19.6 Å². The summed E-state index contributed by atoms with van der Waals surface area (Å²) in [5.74, 6) is -1.12. The molecule has 1 aromatic rings. The van der Waals surface area contributed by atoms with Crippen molar-refractivity contribution in [1.82, 2.24) is 5.32 Å². The van der Waals surface area contributed by atoms with Crippen LogP contribution in [0.3, 0.4) is 0 Å². The summed E-state index contributed by atoms with van der Waals surface area (Å²) >= 11 is 0. The molecule has 0 spiro atoms. The molecule has 0 saturated heterocycles. The van der Waals surface area contributed by atoms with Crippen molar-refractivity contribution in [2.75, 3.05) is 13.2 Å². The van der Waals surface area contributed by atoms with Gasteiger partial charge in [-0.1, -0.05) is 37.6 Å². The van der Waals surface area contributed by atoms with Crippen molar-refractivity contribution < 1.29 is 19.4 Å². The van der Waals surface area contributed by atoms with Crippen molar-refractivity contribution in [2.24, 2.45) is 0 Å². The molecule has 0 radical (unpaired) electrons. The third-order valence-corrected chi connectivity index (χ3v) is 2.71. The van der Waals surface area contributed by atoms with Gasteiger partial charge in [0.15, 0.2) is 0 Å². The predicted octanol–water partition coefficient (Wildman–Crippen LogP) is 1.75. The first-order chi connectivity index (χ1) is 9.61. The van der Waals surface area contributed by atoms with E-state index in [1.807, 2.05) is 31.2 Å². The lowest BCUT2D eigenvalue weighted by Gasteiger charge is -2.06. The lowest BCUT2D eigenvalue weighted by atomic mass is 10.1. The summed E-state index contributed by atoms with van der Waals surface area (Å²) in [4.78, 5) is 22.0. The zero-order valence-corrected chi connectivity index (χ0v) is 11.7. The maximum Gasteiger partial charge on any atom is 0.317 e. The van der Waals surface area contributed by atoms with Crippen LogP contribution in [-0.4, -0.2) is 30.2 Å². The second-order valence-electron chi connectivity index (χ2n) is 4.57. The Bertz CT molecular complexity index is 445. The van der Waals surface area contributed by atoms with Crippen LogP contribution in [0.2, 0.25) is 0 Å². The highest BCUT2D eigenvalue weighted by atomic mass is 16.5. The van der Waals surface area contributed by atoms with E-state index in [2.05, 4.69) is 5.32 Å². The average molecular weight is 279 g/mol. The third kappa shape index (κ3) is 6.89. The van der Waals surface area contributed by atoms with E-state index in [1.54, 1.807) is 0 Å². The van der Waals surface area contributed by atoms with Crippen molar-refractivity contribution >= 4 is 11.9 Å². The zero-order chi connectivity index (χ0) is 14.8. The molecule has 0 saturated carbocycles. The van der Waals surface area contributed by atoms with Crippen molar-refractivity contribution in [3.8, 4) is 0 Å². The number of ether oxygens (including phenoxy) is 1. The van der Waals surface area contributed by atoms with Gasteiger partial charge in [-0.2, -0.15) is 0 Å². The van der Waals surface area contributed by atoms with E-state index in [-0.39, 0.29) is 18.9 Å². The van der Waals surface area contributed by atoms with Gasteiger partial charge in [-0.15, -0.1) is 0 Å². The number of carboxylic acids is 1. The number of carbonyl (C=O) groups is 2. The molecule has 20 heavy (non-hydrogen) atoms. The van der Waals surface area contributed by atoms with E-state index in [9.17, 15) is 9.59 Å². The van der Waals surface area contributed by atoms with Crippen LogP contribution in [-0.2, 0) is 27.3 Å². The van der Waals surface area contributed by atoms with E-state index in [0.29, 0.717) is 13.2 Å². The van der Waals surface area contributed by atoms with E-state index in [4.69, 9.17) is 9.84 Å². The predicted molar refractivity (Wildman–Crippen MR) is 75.4 cm³/mol. The highest BCUT2D eigenvalue weighted by Crippen LogP contribution is 2.07. The summed E-state index contributed by atoms with van der Waals surface area (Å²) in [5.41, 5.74) is 1.83. The molecule has 0 aliphatic heterocycles. The Morgan fingerprint density at radius 3 is 2.75 bits per heavy atom. The van der Waals surface area contributed by atoms with Crippen molar-refractivity contribution in [3.63, 3.8) is 0 Å². The molecule has 0 aliphatic rings. The third-order valence-electron chi connectivity index (χ3n) is 2.71. The maximum atomic E-state index is 11.6. The Labute approximate surface area is 118 Å². The summed E-state index contributed by atoms with van der Waals surface area (Å²) in [6.07, 6.45) is 2.12. The molecular weight excluding hydrogens is 258 g/mol. The van der Waals surface area contributed by atoms with Gasteiger partial charge in [0.2, 0.25) is 0 Å². The topological polar surface area (TPSA) is 75.6 Å². The van der Waals surface area contributed by atoms with E-state index >= 15 is 0 Å². The number of benzene rings is 1. The number of unbranched alkanes of at least 4 members (excludes halogenated alkanes) is 1. The summed E-state index contributed by atoms with van der Waals surface area (Å²) < 4.78 is 5.11. The molecule has 0 fully saturated rings. The number of aliphatic carboxylic acids is 1. The molecule has 0 atom stereocenters. The lowest BCUT2D eigenvalue weighted by Crippen LogP contribution is -2.21. The quantitative estimate of drug-likeness (QED) is 0.532. The molecule has 5 nitrogen and oxygen atoms in total. The van der Waals surface area contributed by atoms with Gasteiger partial charge in [0.25, 0.3) is 0 Å². The van der Waals surface area contributed by atoms with Gasteiger partial charge >= 0.3 is 11.9 Å². The largest absolute Gasteiger partial charge is 0.480 e. The Kier molecular flexibility index (Phi) is 7.35. The van der Waals surface area contributed by atoms with Crippen LogP contribution in [0.5, 0.6) is 0 Å². The summed E-state index contributed by atoms with van der Waals surface area (Å²) in [5, 5.41) is 11.4. The monoisotopic (exact) mass is 279 g/mol. The number of carbonyl (C=O) groups excluding carboxylic acids is 1. The van der Waals surface area contributed by atoms with Crippen LogP contribution in [0.1, 0.15) is 30.9 Å². The van der Waals surface area contributed by atoms with Crippen LogP contribution >= 0.6 is 0 Å². The Balaban J connectivity index is 2.42. The molecule has 0 heterocycles. The molecule has 0 aliphatic carbocycles. The maximum absolute atomic E-state index is 11.6. The molecule has 0 bridgehead atoms. The molecule has 1 rings (SSSR count). The molecule has 5 heteroatoms. The number of carboxylic acid groups (broad SMARTS) is 1. The Morgan fingerprint density at radius 1 is 1.30 bits per heavy atom. The second kappa shape index (κ2) is 9.09. The number of hydrogen-bond acceptors (Lipinski definition) is 4.